The molecule has 1 unspecified atom stereocenters. The van der Waals surface area contributed by atoms with Gasteiger partial charge in [-0.05, 0) is 31.0 Å². The van der Waals surface area contributed by atoms with Crippen LogP contribution in [0.2, 0.25) is 0 Å². The van der Waals surface area contributed by atoms with E-state index in [1.165, 1.54) is 12.3 Å². The molecule has 7 heteroatoms. The Morgan fingerprint density at radius 3 is 2.07 bits per heavy atom. The molecular weight excluding hydrogens is 376 g/mol. The van der Waals surface area contributed by atoms with Gasteiger partial charge >= 0.3 is 0 Å². The highest BCUT2D eigenvalue weighted by Crippen LogP contribution is 2.28. The third-order valence-electron chi connectivity index (χ3n) is 5.54. The van der Waals surface area contributed by atoms with Crippen LogP contribution < -0.4 is 0 Å². The number of nitrogens with zero attached hydrogens (tertiary/aromatic N) is 1. The number of hydrogen-bond donors (Lipinski definition) is 1. The lowest BCUT2D eigenvalue weighted by molar-refractivity contribution is 0.0726. The Bertz CT molecular complexity index is 1110. The van der Waals surface area contributed by atoms with Gasteiger partial charge in [0.25, 0.3) is 5.91 Å². The maximum absolute atomic E-state index is 12.9. The Labute approximate surface area is 163 Å². The third-order valence-corrected chi connectivity index (χ3v) is 7.28. The first-order valence-corrected chi connectivity index (χ1v) is 11.1. The molecule has 1 aliphatic carbocycles. The summed E-state index contributed by atoms with van der Waals surface area (Å²) in [6.07, 6.45) is 2.50. The zero-order valence-corrected chi connectivity index (χ0v) is 16.3. The largest absolute Gasteiger partial charge is 0.339 e. The summed E-state index contributed by atoms with van der Waals surface area (Å²) in [4.78, 5) is 40.0. The number of fused-ring (bicyclic) bond motifs is 2. The van der Waals surface area contributed by atoms with Gasteiger partial charge in [0.15, 0.2) is 11.6 Å². The number of carbonyl (C=O) groups is 3. The highest BCUT2D eigenvalue weighted by Gasteiger charge is 2.32. The van der Waals surface area contributed by atoms with Crippen molar-refractivity contribution in [3.8, 4) is 0 Å². The molecule has 144 valence electrons. The zero-order chi connectivity index (χ0) is 20.1. The van der Waals surface area contributed by atoms with Gasteiger partial charge < -0.3 is 4.90 Å². The number of rotatable bonds is 2. The van der Waals surface area contributed by atoms with Crippen molar-refractivity contribution in [1.82, 2.24) is 4.90 Å². The van der Waals surface area contributed by atoms with Crippen LogP contribution in [0.25, 0.3) is 0 Å². The highest BCUT2D eigenvalue weighted by molar-refractivity contribution is 7.92. The van der Waals surface area contributed by atoms with Crippen molar-refractivity contribution in [2.24, 2.45) is 0 Å². The van der Waals surface area contributed by atoms with Crippen LogP contribution in [0.3, 0.4) is 0 Å². The molecule has 0 bridgehead atoms. The number of benzene rings is 2. The molecular formula is C21H20N2O4S. The first-order chi connectivity index (χ1) is 13.3. The molecule has 0 aromatic heterocycles. The fraction of sp³-hybridized carbons (Fsp3) is 0.286. The lowest BCUT2D eigenvalue weighted by Crippen LogP contribution is -2.42. The molecule has 1 amide bonds. The van der Waals surface area contributed by atoms with Crippen molar-refractivity contribution in [2.45, 2.75) is 18.1 Å². The van der Waals surface area contributed by atoms with Crippen LogP contribution in [-0.4, -0.2) is 51.2 Å². The number of carbonyl (C=O) groups excluding carboxylic acids is 3. The minimum atomic E-state index is -2.61. The van der Waals surface area contributed by atoms with E-state index in [1.807, 2.05) is 0 Å². The number of likely N-dealkylation sites (tertiary alicyclic amines) is 1. The number of piperidine rings is 1. The molecule has 1 atom stereocenters. The minimum absolute atomic E-state index is 0.198. The van der Waals surface area contributed by atoms with Crippen molar-refractivity contribution in [2.75, 3.05) is 19.3 Å². The van der Waals surface area contributed by atoms with Crippen LogP contribution in [0, 0.1) is 4.78 Å². The molecule has 28 heavy (non-hydrogen) atoms. The van der Waals surface area contributed by atoms with E-state index < -0.39 is 9.73 Å². The van der Waals surface area contributed by atoms with Crippen LogP contribution >= 0.6 is 0 Å². The second kappa shape index (κ2) is 6.67. The van der Waals surface area contributed by atoms with Gasteiger partial charge in [-0.1, -0.05) is 24.3 Å². The molecule has 2 aromatic rings. The average Bonchev–Trinajstić information content (AvgIpc) is 2.70. The molecule has 1 fully saturated rings. The Morgan fingerprint density at radius 1 is 0.964 bits per heavy atom. The summed E-state index contributed by atoms with van der Waals surface area (Å²) < 4.78 is 19.6. The molecule has 4 rings (SSSR count). The first kappa shape index (κ1) is 18.6. The van der Waals surface area contributed by atoms with E-state index in [4.69, 9.17) is 4.78 Å². The summed E-state index contributed by atoms with van der Waals surface area (Å²) in [5.41, 5.74) is 1.69. The van der Waals surface area contributed by atoms with E-state index >= 15 is 0 Å². The van der Waals surface area contributed by atoms with E-state index in [9.17, 15) is 18.6 Å². The quantitative estimate of drug-likeness (QED) is 0.720. The summed E-state index contributed by atoms with van der Waals surface area (Å²) in [7, 11) is -2.61. The smallest absolute Gasteiger partial charge is 0.253 e. The molecule has 0 saturated carbocycles. The minimum Gasteiger partial charge on any atom is -0.339 e. The van der Waals surface area contributed by atoms with E-state index in [1.54, 1.807) is 41.3 Å². The summed E-state index contributed by atoms with van der Waals surface area (Å²) in [5, 5.41) is -0.198. The predicted molar refractivity (Wildman–Crippen MR) is 105 cm³/mol. The second-order valence-electron chi connectivity index (χ2n) is 7.36. The monoisotopic (exact) mass is 396 g/mol. The number of ketones is 2. The van der Waals surface area contributed by atoms with Crippen LogP contribution in [0.15, 0.2) is 42.5 Å². The second-order valence-corrected chi connectivity index (χ2v) is 9.83. The predicted octanol–water partition coefficient (Wildman–Crippen LogP) is 2.74. The molecule has 1 saturated heterocycles. The summed E-state index contributed by atoms with van der Waals surface area (Å²) >= 11 is 0. The van der Waals surface area contributed by atoms with Gasteiger partial charge in [-0.25, -0.2) is 4.21 Å². The summed E-state index contributed by atoms with van der Waals surface area (Å²) in [6.45, 7) is 0.861. The van der Waals surface area contributed by atoms with Gasteiger partial charge in [-0.2, -0.15) is 0 Å². The fourth-order valence-electron chi connectivity index (χ4n) is 3.92. The molecule has 1 heterocycles. The Morgan fingerprint density at radius 2 is 1.50 bits per heavy atom. The molecule has 2 aromatic carbocycles. The van der Waals surface area contributed by atoms with E-state index in [0.717, 1.165) is 0 Å². The SMILES string of the molecule is CS(=N)(=O)C1CCN(C(=O)c2ccc3c(c2)C(=O)c2ccccc2C3=O)CC1. The average molecular weight is 396 g/mol. The van der Waals surface area contributed by atoms with E-state index in [2.05, 4.69) is 0 Å². The van der Waals surface area contributed by atoms with Gasteiger partial charge in [0.05, 0.1) is 0 Å². The van der Waals surface area contributed by atoms with E-state index in [0.29, 0.717) is 48.2 Å². The Hall–Kier alpha value is -2.80. The molecule has 6 nitrogen and oxygen atoms in total. The van der Waals surface area contributed by atoms with Crippen LogP contribution in [0.5, 0.6) is 0 Å². The normalized spacial score (nSPS) is 19.0. The number of amides is 1. The topological polar surface area (TPSA) is 95.4 Å². The van der Waals surface area contributed by atoms with Crippen molar-refractivity contribution in [1.29, 1.82) is 4.78 Å². The van der Waals surface area contributed by atoms with Crippen molar-refractivity contribution in [3.05, 3.63) is 70.3 Å². The fourth-order valence-corrected chi connectivity index (χ4v) is 5.03. The van der Waals surface area contributed by atoms with Crippen LogP contribution in [0.1, 0.15) is 55.0 Å². The van der Waals surface area contributed by atoms with Gasteiger partial charge in [0.2, 0.25) is 0 Å². The molecule has 0 radical (unpaired) electrons. The number of nitrogens with one attached hydrogen (secondary N) is 1. The molecule has 2 aliphatic rings. The van der Waals surface area contributed by atoms with Gasteiger partial charge in [-0.3, -0.25) is 19.2 Å². The zero-order valence-electron chi connectivity index (χ0n) is 15.4. The number of hydrogen-bond acceptors (Lipinski definition) is 5. The summed E-state index contributed by atoms with van der Waals surface area (Å²) in [6, 6.07) is 11.3. The molecule has 1 N–H and O–H groups in total. The van der Waals surface area contributed by atoms with Gasteiger partial charge in [0.1, 0.15) is 0 Å². The lowest BCUT2D eigenvalue weighted by Gasteiger charge is -2.32. The first-order valence-electron chi connectivity index (χ1n) is 9.12. The maximum atomic E-state index is 12.9. The Balaban J connectivity index is 1.61. The van der Waals surface area contributed by atoms with Gasteiger partial charge in [-0.15, -0.1) is 0 Å². The van der Waals surface area contributed by atoms with Crippen molar-refractivity contribution < 1.29 is 18.6 Å². The molecule has 0 spiro atoms. The Kier molecular flexibility index (Phi) is 4.42. The maximum Gasteiger partial charge on any atom is 0.253 e. The van der Waals surface area contributed by atoms with E-state index in [-0.39, 0.29) is 28.3 Å². The van der Waals surface area contributed by atoms with Crippen molar-refractivity contribution >= 4 is 27.2 Å². The highest BCUT2D eigenvalue weighted by atomic mass is 32.2. The van der Waals surface area contributed by atoms with Crippen LogP contribution in [-0.2, 0) is 9.73 Å². The van der Waals surface area contributed by atoms with Crippen LogP contribution in [0.4, 0.5) is 0 Å². The molecule has 1 aliphatic heterocycles. The van der Waals surface area contributed by atoms with Gasteiger partial charge in [0, 0.05) is 62.1 Å². The third kappa shape index (κ3) is 3.05. The standard InChI is InChI=1S/C21H20N2O4S/c1-28(22,27)14-8-10-23(11-9-14)21(26)13-6-7-17-18(12-13)20(25)16-5-3-2-4-15(16)19(17)24/h2-7,12,14,22H,8-11H2,1H3. The van der Waals surface area contributed by atoms with Crippen molar-refractivity contribution in [3.63, 3.8) is 0 Å². The summed E-state index contributed by atoms with van der Waals surface area (Å²) in [5.74, 6) is -0.676. The lowest BCUT2D eigenvalue weighted by atomic mass is 9.83.